The highest BCUT2D eigenvalue weighted by Gasteiger charge is 2.48. The van der Waals surface area contributed by atoms with E-state index in [2.05, 4.69) is 181 Å². The molecule has 0 bridgehead atoms. The van der Waals surface area contributed by atoms with E-state index in [0.29, 0.717) is 0 Å². The van der Waals surface area contributed by atoms with Crippen molar-refractivity contribution in [3.05, 3.63) is 173 Å². The minimum Gasteiger partial charge on any atom is -0.594 e. The molecule has 0 amide bonds. The van der Waals surface area contributed by atoms with Crippen molar-refractivity contribution in [3.63, 3.8) is 0 Å². The summed E-state index contributed by atoms with van der Waals surface area (Å²) in [6.07, 6.45) is -2.26. The second-order valence-corrected chi connectivity index (χ2v) is 16.1. The van der Waals surface area contributed by atoms with Crippen molar-refractivity contribution in [2.24, 2.45) is 0 Å². The first-order valence-corrected chi connectivity index (χ1v) is 17.7. The summed E-state index contributed by atoms with van der Waals surface area (Å²) in [6.45, 7) is 12.8. The molecule has 6 aromatic rings. The normalized spacial score (nSPS) is 11.9. The van der Waals surface area contributed by atoms with Crippen LogP contribution in [0.5, 0.6) is 0 Å². The smallest absolute Gasteiger partial charge is 0.196 e. The molecule has 0 radical (unpaired) electrons. The molecule has 1 N–H and O–H groups in total. The van der Waals surface area contributed by atoms with E-state index in [-0.39, 0.29) is 0 Å². The van der Waals surface area contributed by atoms with E-state index in [9.17, 15) is 5.02 Å². The molecular weight excluding hydrogens is 562 g/mol. The average Bonchev–Trinajstić information content (AvgIpc) is 3.02. The Hall–Kier alpha value is -4.23. The van der Waals surface area contributed by atoms with E-state index >= 15 is 0 Å². The van der Waals surface area contributed by atoms with Crippen molar-refractivity contribution in [3.8, 4) is 0 Å². The molecule has 0 saturated carbocycles. The summed E-state index contributed by atoms with van der Waals surface area (Å²) < 4.78 is 0. The number of rotatable bonds is 7. The van der Waals surface area contributed by atoms with Gasteiger partial charge in [-0.25, -0.2) is 0 Å². The summed E-state index contributed by atoms with van der Waals surface area (Å²) >= 11 is 0. The molecule has 0 aliphatic carbocycles. The van der Waals surface area contributed by atoms with E-state index in [1.54, 1.807) is 0 Å². The minimum absolute atomic E-state index is 0.941. The van der Waals surface area contributed by atoms with Crippen LogP contribution in [0.4, 0.5) is 0 Å². The van der Waals surface area contributed by atoms with Crippen molar-refractivity contribution >= 4 is 51.2 Å². The SMILES string of the molecule is Cc1cc(C)c([B-](O)(c2ccc([P+](c3ccccc3)(c3ccccc3)c3ccccc3)cc2)c2c(C)cc(C)cc2C)c(C)c1. The van der Waals surface area contributed by atoms with Crippen LogP contribution in [-0.2, 0) is 0 Å². The fraction of sp³-hybridized carbons (Fsp3) is 0.143. The van der Waals surface area contributed by atoms with Gasteiger partial charge in [-0.15, -0.1) is 0 Å². The van der Waals surface area contributed by atoms with Crippen molar-refractivity contribution in [1.29, 1.82) is 0 Å². The number of hydrogen-bond donors (Lipinski definition) is 1. The number of benzene rings is 6. The van der Waals surface area contributed by atoms with Crippen molar-refractivity contribution in [1.82, 2.24) is 0 Å². The van der Waals surface area contributed by atoms with Crippen molar-refractivity contribution in [2.75, 3.05) is 0 Å². The fourth-order valence-electron chi connectivity index (χ4n) is 8.00. The second-order valence-electron chi connectivity index (χ2n) is 12.7. The summed E-state index contributed by atoms with van der Waals surface area (Å²) in [5.41, 5.74) is 9.91. The van der Waals surface area contributed by atoms with Crippen LogP contribution < -0.4 is 37.6 Å². The molecule has 0 spiro atoms. The van der Waals surface area contributed by atoms with Gasteiger partial charge in [0.2, 0.25) is 0 Å². The van der Waals surface area contributed by atoms with Gasteiger partial charge in [-0.05, 0) is 90.1 Å². The predicted molar refractivity (Wildman–Crippen MR) is 199 cm³/mol. The summed E-state index contributed by atoms with van der Waals surface area (Å²) in [7, 11) is -2.25. The first kappa shape index (κ1) is 30.8. The third kappa shape index (κ3) is 5.27. The Labute approximate surface area is 269 Å². The van der Waals surface area contributed by atoms with E-state index in [1.165, 1.54) is 32.3 Å². The molecule has 0 unspecified atom stereocenters. The maximum Gasteiger partial charge on any atom is 0.196 e. The summed E-state index contributed by atoms with van der Waals surface area (Å²) in [5, 5.41) is 18.5. The molecule has 0 aliphatic heterocycles. The van der Waals surface area contributed by atoms with Crippen molar-refractivity contribution in [2.45, 2.75) is 41.5 Å². The highest BCUT2D eigenvalue weighted by atomic mass is 31.2. The monoisotopic (exact) mass is 604 g/mol. The zero-order chi connectivity index (χ0) is 31.8. The Bertz CT molecular complexity index is 1750. The zero-order valence-electron chi connectivity index (χ0n) is 27.3. The molecular formula is C42H42BOP. The van der Waals surface area contributed by atoms with Gasteiger partial charge < -0.3 is 5.02 Å². The molecule has 6 aromatic carbocycles. The van der Waals surface area contributed by atoms with Crippen LogP contribution >= 0.6 is 7.26 Å². The average molecular weight is 605 g/mol. The van der Waals surface area contributed by atoms with Gasteiger partial charge in [-0.2, -0.15) is 16.4 Å². The van der Waals surface area contributed by atoms with E-state index in [1.807, 2.05) is 0 Å². The van der Waals surface area contributed by atoms with E-state index in [0.717, 1.165) is 38.6 Å². The van der Waals surface area contributed by atoms with Gasteiger partial charge >= 0.3 is 0 Å². The van der Waals surface area contributed by atoms with Crippen molar-refractivity contribution < 1.29 is 5.02 Å². The summed E-state index contributed by atoms with van der Waals surface area (Å²) in [6, 6.07) is 50.7. The molecule has 45 heavy (non-hydrogen) atoms. The van der Waals surface area contributed by atoms with E-state index in [4.69, 9.17) is 0 Å². The molecule has 0 heterocycles. The van der Waals surface area contributed by atoms with Gasteiger partial charge in [-0.3, -0.25) is 0 Å². The maximum absolute atomic E-state index is 13.3. The lowest BCUT2D eigenvalue weighted by atomic mass is 9.26. The Kier molecular flexibility index (Phi) is 8.40. The van der Waals surface area contributed by atoms with Crippen LogP contribution in [0.3, 0.4) is 0 Å². The largest absolute Gasteiger partial charge is 0.594 e. The zero-order valence-corrected chi connectivity index (χ0v) is 28.1. The summed E-state index contributed by atoms with van der Waals surface area (Å²) in [5.74, 6) is 0. The lowest BCUT2D eigenvalue weighted by molar-refractivity contribution is 0.582. The lowest BCUT2D eigenvalue weighted by Gasteiger charge is -2.43. The van der Waals surface area contributed by atoms with Gasteiger partial charge in [-0.1, -0.05) is 124 Å². The van der Waals surface area contributed by atoms with Crippen LogP contribution in [0.15, 0.2) is 140 Å². The first-order valence-electron chi connectivity index (χ1n) is 15.9. The molecule has 0 atom stereocenters. The topological polar surface area (TPSA) is 20.2 Å². The molecule has 0 aliphatic rings. The van der Waals surface area contributed by atoms with Crippen LogP contribution in [-0.4, -0.2) is 11.4 Å². The second kappa shape index (κ2) is 12.3. The standard InChI is InChI=1S/C42H42BOP/c1-30-26-32(3)41(33(4)27-30)43(44,42-34(5)28-31(2)29-35(42)6)36-22-24-40(25-23-36)45(37-16-10-7-11-17-37,38-18-12-8-13-19-38)39-20-14-9-15-21-39/h7-29,44H,1-6H3. The Morgan fingerprint density at radius 3 is 1.00 bits per heavy atom. The van der Waals surface area contributed by atoms with Crippen LogP contribution in [0.2, 0.25) is 0 Å². The third-order valence-corrected chi connectivity index (χ3v) is 13.8. The van der Waals surface area contributed by atoms with Gasteiger partial charge in [0.1, 0.15) is 28.5 Å². The Balaban J connectivity index is 1.66. The third-order valence-electron chi connectivity index (χ3n) is 9.50. The molecule has 1 nitrogen and oxygen atoms in total. The van der Waals surface area contributed by atoms with Gasteiger partial charge in [0.15, 0.2) is 6.35 Å². The molecule has 6 rings (SSSR count). The number of hydrogen-bond acceptors (Lipinski definition) is 1. The van der Waals surface area contributed by atoms with Crippen LogP contribution in [0.1, 0.15) is 33.4 Å². The highest BCUT2D eigenvalue weighted by Crippen LogP contribution is 2.54. The quantitative estimate of drug-likeness (QED) is 0.172. The van der Waals surface area contributed by atoms with Gasteiger partial charge in [0.05, 0.1) is 0 Å². The Morgan fingerprint density at radius 2 is 0.689 bits per heavy atom. The van der Waals surface area contributed by atoms with Gasteiger partial charge in [0, 0.05) is 0 Å². The lowest BCUT2D eigenvalue weighted by Crippen LogP contribution is -2.70. The summed E-state index contributed by atoms with van der Waals surface area (Å²) in [4.78, 5) is 0. The molecule has 0 fully saturated rings. The van der Waals surface area contributed by atoms with E-state index < -0.39 is 13.6 Å². The predicted octanol–water partition coefficient (Wildman–Crippen LogP) is 6.12. The fourth-order valence-corrected chi connectivity index (χ4v) is 12.2. The van der Waals surface area contributed by atoms with Crippen LogP contribution in [0, 0.1) is 41.5 Å². The molecule has 0 aromatic heterocycles. The Morgan fingerprint density at radius 1 is 0.400 bits per heavy atom. The highest BCUT2D eigenvalue weighted by molar-refractivity contribution is 8.01. The first-order chi connectivity index (χ1) is 21.7. The number of aryl methyl sites for hydroxylation is 6. The minimum atomic E-state index is -2.26. The molecule has 3 heteroatoms. The van der Waals surface area contributed by atoms with Crippen LogP contribution in [0.25, 0.3) is 0 Å². The maximum atomic E-state index is 13.3. The molecule has 224 valence electrons. The molecule has 0 saturated heterocycles. The van der Waals surface area contributed by atoms with Gasteiger partial charge in [0.25, 0.3) is 0 Å².